The Kier molecular flexibility index (Phi) is 9.18. The minimum absolute atomic E-state index is 0.0853. The first-order valence-electron chi connectivity index (χ1n) is 8.85. The Bertz CT molecular complexity index is 855. The Hall–Kier alpha value is -2.35. The van der Waals surface area contributed by atoms with E-state index in [0.717, 1.165) is 12.8 Å². The molecular weight excluding hydrogens is 435 g/mol. The van der Waals surface area contributed by atoms with Gasteiger partial charge in [-0.3, -0.25) is 10.1 Å². The lowest BCUT2D eigenvalue weighted by Crippen LogP contribution is -2.37. The summed E-state index contributed by atoms with van der Waals surface area (Å²) >= 11 is 17.1. The van der Waals surface area contributed by atoms with Crippen molar-refractivity contribution in [3.8, 4) is 5.75 Å². The van der Waals surface area contributed by atoms with Crippen LogP contribution in [0.4, 0.5) is 5.69 Å². The number of hydrogen-bond donors (Lipinski definition) is 2. The van der Waals surface area contributed by atoms with Crippen molar-refractivity contribution < 1.29 is 19.1 Å². The summed E-state index contributed by atoms with van der Waals surface area (Å²) in [4.78, 5) is 23.9. The summed E-state index contributed by atoms with van der Waals surface area (Å²) in [6.07, 6.45) is 1.78. The first kappa shape index (κ1) is 22.9. The van der Waals surface area contributed by atoms with E-state index in [4.69, 9.17) is 44.9 Å². The molecule has 2 aromatic rings. The number of benzene rings is 2. The molecule has 2 N–H and O–H groups in total. The fourth-order valence-corrected chi connectivity index (χ4v) is 2.90. The van der Waals surface area contributed by atoms with Gasteiger partial charge < -0.3 is 14.8 Å². The van der Waals surface area contributed by atoms with Crippen LogP contribution in [-0.2, 0) is 9.53 Å². The highest BCUT2D eigenvalue weighted by Gasteiger charge is 2.11. The smallest absolute Gasteiger partial charge is 0.338 e. The molecule has 1 amide bonds. The highest BCUT2D eigenvalue weighted by Crippen LogP contribution is 2.32. The zero-order valence-corrected chi connectivity index (χ0v) is 18.0. The van der Waals surface area contributed by atoms with Crippen molar-refractivity contribution in [2.75, 3.05) is 18.5 Å². The summed E-state index contributed by atoms with van der Waals surface area (Å²) in [6, 6.07) is 11.4. The monoisotopic (exact) mass is 454 g/mol. The maximum Gasteiger partial charge on any atom is 0.338 e. The Balaban J connectivity index is 1.81. The second-order valence-corrected chi connectivity index (χ2v) is 7.13. The lowest BCUT2D eigenvalue weighted by atomic mass is 10.2. The molecule has 9 heteroatoms. The number of carbonyl (C=O) groups is 2. The summed E-state index contributed by atoms with van der Waals surface area (Å²) in [5.74, 6) is -0.628. The number of halogens is 2. The van der Waals surface area contributed by atoms with E-state index in [1.807, 2.05) is 6.92 Å². The van der Waals surface area contributed by atoms with Crippen molar-refractivity contribution in [3.63, 3.8) is 0 Å². The number of unbranched alkanes of at least 4 members (excludes halogenated alkanes) is 1. The molecule has 0 unspecified atom stereocenters. The van der Waals surface area contributed by atoms with Gasteiger partial charge in [-0.1, -0.05) is 42.6 Å². The second kappa shape index (κ2) is 11.6. The third-order valence-electron chi connectivity index (χ3n) is 3.63. The van der Waals surface area contributed by atoms with Gasteiger partial charge in [-0.25, -0.2) is 4.79 Å². The van der Waals surface area contributed by atoms with E-state index < -0.39 is 5.91 Å². The Morgan fingerprint density at radius 2 is 1.72 bits per heavy atom. The van der Waals surface area contributed by atoms with Gasteiger partial charge >= 0.3 is 5.97 Å². The SMILES string of the molecule is CCCCOC(=O)c1ccc(NC(=S)NC(=O)COc2c(Cl)cccc2Cl)cc1. The molecule has 0 atom stereocenters. The van der Waals surface area contributed by atoms with E-state index in [0.29, 0.717) is 27.9 Å². The summed E-state index contributed by atoms with van der Waals surface area (Å²) in [5, 5.41) is 6.03. The first-order valence-corrected chi connectivity index (χ1v) is 10.0. The van der Waals surface area contributed by atoms with Crippen LogP contribution in [0, 0.1) is 0 Å². The number of amides is 1. The average molecular weight is 455 g/mol. The highest BCUT2D eigenvalue weighted by atomic mass is 35.5. The lowest BCUT2D eigenvalue weighted by molar-refractivity contribution is -0.121. The zero-order valence-electron chi connectivity index (χ0n) is 15.7. The van der Waals surface area contributed by atoms with Crippen LogP contribution in [0.2, 0.25) is 10.0 Å². The molecule has 0 saturated heterocycles. The van der Waals surface area contributed by atoms with Gasteiger partial charge in [0.2, 0.25) is 0 Å². The Morgan fingerprint density at radius 3 is 2.34 bits per heavy atom. The number of para-hydroxylation sites is 1. The van der Waals surface area contributed by atoms with Gasteiger partial charge in [-0.15, -0.1) is 0 Å². The lowest BCUT2D eigenvalue weighted by Gasteiger charge is -2.12. The molecular formula is C20H20Cl2N2O4S. The predicted octanol–water partition coefficient (Wildman–Crippen LogP) is 4.84. The molecule has 6 nitrogen and oxygen atoms in total. The van der Waals surface area contributed by atoms with E-state index in [2.05, 4.69) is 10.6 Å². The number of nitrogens with one attached hydrogen (secondary N) is 2. The zero-order chi connectivity index (χ0) is 21.2. The summed E-state index contributed by atoms with van der Waals surface area (Å²) in [5.41, 5.74) is 1.04. The largest absolute Gasteiger partial charge is 0.481 e. The number of thiocarbonyl (C=S) groups is 1. The summed E-state index contributed by atoms with van der Waals surface area (Å²) in [6.45, 7) is 2.11. The highest BCUT2D eigenvalue weighted by molar-refractivity contribution is 7.80. The van der Waals surface area contributed by atoms with E-state index in [1.54, 1.807) is 42.5 Å². The van der Waals surface area contributed by atoms with Gasteiger partial charge in [0, 0.05) is 5.69 Å². The van der Waals surface area contributed by atoms with Gasteiger partial charge in [-0.05, 0) is 55.0 Å². The molecule has 0 spiro atoms. The number of esters is 1. The number of rotatable bonds is 8. The standard InChI is InChI=1S/C20H20Cl2N2O4S/c1-2-3-11-27-19(26)13-7-9-14(10-8-13)23-20(29)24-17(25)12-28-18-15(21)5-4-6-16(18)22/h4-10H,2-3,11-12H2,1H3,(H2,23,24,25,29). The van der Waals surface area contributed by atoms with Crippen molar-refractivity contribution in [2.24, 2.45) is 0 Å². The molecule has 0 aliphatic rings. The van der Waals surface area contributed by atoms with Crippen molar-refractivity contribution in [2.45, 2.75) is 19.8 Å². The first-order chi connectivity index (χ1) is 13.9. The minimum Gasteiger partial charge on any atom is -0.481 e. The molecule has 154 valence electrons. The third kappa shape index (κ3) is 7.53. The van der Waals surface area contributed by atoms with Gasteiger partial charge in [0.1, 0.15) is 0 Å². The average Bonchev–Trinajstić information content (AvgIpc) is 2.68. The molecule has 2 aromatic carbocycles. The maximum atomic E-state index is 12.0. The fourth-order valence-electron chi connectivity index (χ4n) is 2.17. The van der Waals surface area contributed by atoms with Crippen molar-refractivity contribution >= 4 is 58.1 Å². The summed E-state index contributed by atoms with van der Waals surface area (Å²) < 4.78 is 10.5. The van der Waals surface area contributed by atoms with Crippen LogP contribution in [0.3, 0.4) is 0 Å². The van der Waals surface area contributed by atoms with Crippen LogP contribution in [0.15, 0.2) is 42.5 Å². The molecule has 2 rings (SSSR count). The van der Waals surface area contributed by atoms with Crippen molar-refractivity contribution in [1.82, 2.24) is 5.32 Å². The topological polar surface area (TPSA) is 76.7 Å². The number of hydrogen-bond acceptors (Lipinski definition) is 5. The van der Waals surface area contributed by atoms with Crippen LogP contribution in [0.1, 0.15) is 30.1 Å². The molecule has 0 fully saturated rings. The van der Waals surface area contributed by atoms with Gasteiger partial charge in [-0.2, -0.15) is 0 Å². The molecule has 0 bridgehead atoms. The molecule has 0 heterocycles. The van der Waals surface area contributed by atoms with Crippen molar-refractivity contribution in [3.05, 3.63) is 58.1 Å². The number of anilines is 1. The summed E-state index contributed by atoms with van der Waals surface area (Å²) in [7, 11) is 0. The van der Waals surface area contributed by atoms with E-state index >= 15 is 0 Å². The normalized spacial score (nSPS) is 10.2. The minimum atomic E-state index is -0.477. The van der Waals surface area contributed by atoms with E-state index in [9.17, 15) is 9.59 Å². The van der Waals surface area contributed by atoms with Crippen LogP contribution < -0.4 is 15.4 Å². The van der Waals surface area contributed by atoms with Crippen LogP contribution >= 0.6 is 35.4 Å². The molecule has 0 aliphatic heterocycles. The molecule has 0 radical (unpaired) electrons. The molecule has 0 aromatic heterocycles. The Morgan fingerprint density at radius 1 is 1.07 bits per heavy atom. The number of ether oxygens (including phenoxy) is 2. The van der Waals surface area contributed by atoms with Crippen LogP contribution in [-0.4, -0.2) is 30.2 Å². The van der Waals surface area contributed by atoms with Gasteiger partial charge in [0.15, 0.2) is 17.5 Å². The molecule has 0 saturated carbocycles. The quantitative estimate of drug-likeness (QED) is 0.337. The maximum absolute atomic E-state index is 12.0. The van der Waals surface area contributed by atoms with E-state index in [1.165, 1.54) is 0 Å². The van der Waals surface area contributed by atoms with Gasteiger partial charge in [0.05, 0.1) is 22.2 Å². The van der Waals surface area contributed by atoms with Crippen LogP contribution in [0.5, 0.6) is 5.75 Å². The predicted molar refractivity (Wildman–Crippen MR) is 118 cm³/mol. The Labute approximate surface area is 184 Å². The van der Waals surface area contributed by atoms with Crippen molar-refractivity contribution in [1.29, 1.82) is 0 Å². The fraction of sp³-hybridized carbons (Fsp3) is 0.250. The number of carbonyl (C=O) groups excluding carboxylic acids is 2. The molecule has 0 aliphatic carbocycles. The second-order valence-electron chi connectivity index (χ2n) is 5.91. The molecule has 29 heavy (non-hydrogen) atoms. The van der Waals surface area contributed by atoms with E-state index in [-0.39, 0.29) is 23.4 Å². The van der Waals surface area contributed by atoms with Crippen LogP contribution in [0.25, 0.3) is 0 Å². The van der Waals surface area contributed by atoms with Gasteiger partial charge in [0.25, 0.3) is 5.91 Å². The third-order valence-corrected chi connectivity index (χ3v) is 4.43.